The maximum Gasteiger partial charge on any atom is 0.245 e. The van der Waals surface area contributed by atoms with Gasteiger partial charge < -0.3 is 19.7 Å². The van der Waals surface area contributed by atoms with Gasteiger partial charge in [0.05, 0.1) is 14.2 Å². The third kappa shape index (κ3) is 4.48. The SMILES string of the molecule is C=CC(=O)N1CC(CC(=O)NCc2cc(OC)cc(OC)c2)C1. The number of amides is 2. The van der Waals surface area contributed by atoms with E-state index in [2.05, 4.69) is 11.9 Å². The second-order valence-corrected chi connectivity index (χ2v) is 5.52. The maximum atomic E-state index is 12.0. The van der Waals surface area contributed by atoms with Gasteiger partial charge in [0, 0.05) is 38.0 Å². The lowest BCUT2D eigenvalue weighted by molar-refractivity contribution is -0.135. The number of ether oxygens (including phenoxy) is 2. The second kappa shape index (κ2) is 7.67. The monoisotopic (exact) mass is 318 g/mol. The van der Waals surface area contributed by atoms with Crippen LogP contribution >= 0.6 is 0 Å². The fourth-order valence-corrected chi connectivity index (χ4v) is 2.51. The summed E-state index contributed by atoms with van der Waals surface area (Å²) in [6.07, 6.45) is 1.72. The smallest absolute Gasteiger partial charge is 0.245 e. The summed E-state index contributed by atoms with van der Waals surface area (Å²) in [6.45, 7) is 5.09. The molecule has 1 aliphatic heterocycles. The zero-order chi connectivity index (χ0) is 16.8. The number of hydrogen-bond donors (Lipinski definition) is 1. The average Bonchev–Trinajstić information content (AvgIpc) is 2.54. The summed E-state index contributed by atoms with van der Waals surface area (Å²) >= 11 is 0. The van der Waals surface area contributed by atoms with E-state index in [1.165, 1.54) is 6.08 Å². The predicted molar refractivity (Wildman–Crippen MR) is 86.3 cm³/mol. The summed E-state index contributed by atoms with van der Waals surface area (Å²) in [7, 11) is 3.17. The van der Waals surface area contributed by atoms with Crippen molar-refractivity contribution < 1.29 is 19.1 Å². The molecule has 0 saturated carbocycles. The van der Waals surface area contributed by atoms with Crippen LogP contribution in [0.2, 0.25) is 0 Å². The summed E-state index contributed by atoms with van der Waals surface area (Å²) < 4.78 is 10.4. The molecule has 1 saturated heterocycles. The standard InChI is InChI=1S/C17H22N2O4/c1-4-17(21)19-10-13(11-19)7-16(20)18-9-12-5-14(22-2)8-15(6-12)23-3/h4-6,8,13H,1,7,9-11H2,2-3H3,(H,18,20). The molecule has 1 aromatic rings. The fourth-order valence-electron chi connectivity index (χ4n) is 2.51. The highest BCUT2D eigenvalue weighted by atomic mass is 16.5. The summed E-state index contributed by atoms with van der Waals surface area (Å²) in [5.41, 5.74) is 0.909. The molecular weight excluding hydrogens is 296 g/mol. The Bertz CT molecular complexity index is 572. The third-order valence-corrected chi connectivity index (χ3v) is 3.82. The first-order valence-electron chi connectivity index (χ1n) is 7.45. The maximum absolute atomic E-state index is 12.0. The number of rotatable bonds is 7. The first-order valence-corrected chi connectivity index (χ1v) is 7.45. The summed E-state index contributed by atoms with van der Waals surface area (Å²) in [5.74, 6) is 1.49. The molecule has 0 bridgehead atoms. The number of carbonyl (C=O) groups is 2. The Morgan fingerprint density at radius 1 is 1.26 bits per heavy atom. The molecule has 0 aromatic heterocycles. The quantitative estimate of drug-likeness (QED) is 0.771. The Hall–Kier alpha value is -2.50. The molecule has 124 valence electrons. The molecule has 0 spiro atoms. The Balaban J connectivity index is 1.79. The van der Waals surface area contributed by atoms with Crippen LogP contribution in [0.25, 0.3) is 0 Å². The minimum atomic E-state index is -0.0786. The summed E-state index contributed by atoms with van der Waals surface area (Å²) in [4.78, 5) is 25.0. The number of carbonyl (C=O) groups excluding carboxylic acids is 2. The highest BCUT2D eigenvalue weighted by molar-refractivity contribution is 5.87. The zero-order valence-corrected chi connectivity index (χ0v) is 13.5. The first kappa shape index (κ1) is 16.9. The normalized spacial score (nSPS) is 13.9. The number of methoxy groups -OCH3 is 2. The molecule has 23 heavy (non-hydrogen) atoms. The molecular formula is C17H22N2O4. The lowest BCUT2D eigenvalue weighted by Gasteiger charge is -2.38. The van der Waals surface area contributed by atoms with Gasteiger partial charge in [0.15, 0.2) is 0 Å². The van der Waals surface area contributed by atoms with Gasteiger partial charge in [0.2, 0.25) is 11.8 Å². The van der Waals surface area contributed by atoms with Gasteiger partial charge in [-0.15, -0.1) is 0 Å². The molecule has 0 radical (unpaired) electrons. The number of nitrogens with one attached hydrogen (secondary N) is 1. The van der Waals surface area contributed by atoms with E-state index in [1.807, 2.05) is 12.1 Å². The van der Waals surface area contributed by atoms with E-state index in [1.54, 1.807) is 25.2 Å². The first-order chi connectivity index (χ1) is 11.0. The number of hydrogen-bond acceptors (Lipinski definition) is 4. The van der Waals surface area contributed by atoms with Crippen LogP contribution in [0, 0.1) is 5.92 Å². The van der Waals surface area contributed by atoms with E-state index in [0.29, 0.717) is 37.6 Å². The van der Waals surface area contributed by atoms with Crippen molar-refractivity contribution in [1.29, 1.82) is 0 Å². The minimum absolute atomic E-state index is 0.0255. The molecule has 2 rings (SSSR count). The average molecular weight is 318 g/mol. The van der Waals surface area contributed by atoms with Crippen molar-refractivity contribution in [3.63, 3.8) is 0 Å². The van der Waals surface area contributed by atoms with Gasteiger partial charge in [-0.05, 0) is 23.8 Å². The van der Waals surface area contributed by atoms with Gasteiger partial charge in [-0.1, -0.05) is 6.58 Å². The molecule has 1 aliphatic rings. The number of nitrogens with zero attached hydrogens (tertiary/aromatic N) is 1. The second-order valence-electron chi connectivity index (χ2n) is 5.52. The third-order valence-electron chi connectivity index (χ3n) is 3.82. The van der Waals surface area contributed by atoms with Crippen LogP contribution in [0.15, 0.2) is 30.9 Å². The highest BCUT2D eigenvalue weighted by Crippen LogP contribution is 2.23. The van der Waals surface area contributed by atoms with Crippen molar-refractivity contribution in [2.75, 3.05) is 27.3 Å². The van der Waals surface area contributed by atoms with E-state index in [4.69, 9.17) is 9.47 Å². The van der Waals surface area contributed by atoms with E-state index in [-0.39, 0.29) is 17.7 Å². The number of benzene rings is 1. The van der Waals surface area contributed by atoms with Crippen molar-refractivity contribution in [3.05, 3.63) is 36.4 Å². The molecule has 0 aliphatic carbocycles. The Kier molecular flexibility index (Phi) is 5.62. The van der Waals surface area contributed by atoms with Crippen molar-refractivity contribution in [2.45, 2.75) is 13.0 Å². The molecule has 1 N–H and O–H groups in total. The van der Waals surface area contributed by atoms with E-state index >= 15 is 0 Å². The van der Waals surface area contributed by atoms with Crippen LogP contribution in [-0.2, 0) is 16.1 Å². The predicted octanol–water partition coefficient (Wildman–Crippen LogP) is 1.35. The van der Waals surface area contributed by atoms with Gasteiger partial charge in [-0.25, -0.2) is 0 Å². The topological polar surface area (TPSA) is 67.9 Å². The van der Waals surface area contributed by atoms with Crippen LogP contribution in [0.4, 0.5) is 0 Å². The summed E-state index contributed by atoms with van der Waals surface area (Å²) in [5, 5.41) is 2.89. The largest absolute Gasteiger partial charge is 0.497 e. The molecule has 2 amide bonds. The minimum Gasteiger partial charge on any atom is -0.497 e. The van der Waals surface area contributed by atoms with Gasteiger partial charge in [0.25, 0.3) is 0 Å². The highest BCUT2D eigenvalue weighted by Gasteiger charge is 2.30. The Morgan fingerprint density at radius 3 is 2.39 bits per heavy atom. The van der Waals surface area contributed by atoms with E-state index < -0.39 is 0 Å². The zero-order valence-electron chi connectivity index (χ0n) is 13.5. The van der Waals surface area contributed by atoms with Crippen molar-refractivity contribution in [2.24, 2.45) is 5.92 Å². The fraction of sp³-hybridized carbons (Fsp3) is 0.412. The van der Waals surface area contributed by atoms with Gasteiger partial charge in [-0.3, -0.25) is 9.59 Å². The van der Waals surface area contributed by atoms with Crippen LogP contribution in [0.3, 0.4) is 0 Å². The molecule has 0 unspecified atom stereocenters. The lowest BCUT2D eigenvalue weighted by Crippen LogP contribution is -2.50. The van der Waals surface area contributed by atoms with Crippen molar-refractivity contribution >= 4 is 11.8 Å². The van der Waals surface area contributed by atoms with Gasteiger partial charge in [-0.2, -0.15) is 0 Å². The van der Waals surface area contributed by atoms with E-state index in [9.17, 15) is 9.59 Å². The lowest BCUT2D eigenvalue weighted by atomic mass is 9.96. The molecule has 1 heterocycles. The van der Waals surface area contributed by atoms with Crippen molar-refractivity contribution in [3.8, 4) is 11.5 Å². The molecule has 6 heteroatoms. The Morgan fingerprint density at radius 2 is 1.87 bits per heavy atom. The van der Waals surface area contributed by atoms with Crippen LogP contribution in [0.1, 0.15) is 12.0 Å². The van der Waals surface area contributed by atoms with Gasteiger partial charge in [0.1, 0.15) is 11.5 Å². The van der Waals surface area contributed by atoms with Crippen LogP contribution in [-0.4, -0.2) is 44.0 Å². The molecule has 6 nitrogen and oxygen atoms in total. The molecule has 0 atom stereocenters. The molecule has 1 aromatic carbocycles. The summed E-state index contributed by atoms with van der Waals surface area (Å²) in [6, 6.07) is 5.50. The van der Waals surface area contributed by atoms with Crippen LogP contribution in [0.5, 0.6) is 11.5 Å². The Labute approximate surface area is 136 Å². The van der Waals surface area contributed by atoms with E-state index in [0.717, 1.165) is 5.56 Å². The van der Waals surface area contributed by atoms with Crippen LogP contribution < -0.4 is 14.8 Å². The molecule has 1 fully saturated rings. The van der Waals surface area contributed by atoms with Gasteiger partial charge >= 0.3 is 0 Å². The number of likely N-dealkylation sites (tertiary alicyclic amines) is 1. The van der Waals surface area contributed by atoms with Crippen molar-refractivity contribution in [1.82, 2.24) is 10.2 Å².